The summed E-state index contributed by atoms with van der Waals surface area (Å²) in [6.45, 7) is 4.98. The van der Waals surface area contributed by atoms with Gasteiger partial charge in [0.2, 0.25) is 0 Å². The minimum Gasteiger partial charge on any atom is -0.334 e. The van der Waals surface area contributed by atoms with E-state index in [4.69, 9.17) is 0 Å². The van der Waals surface area contributed by atoms with E-state index in [9.17, 15) is 0 Å². The highest BCUT2D eigenvalue weighted by molar-refractivity contribution is 5.84. The molecule has 0 aliphatic carbocycles. The molecule has 22 heavy (non-hydrogen) atoms. The van der Waals surface area contributed by atoms with E-state index in [2.05, 4.69) is 63.9 Å². The lowest BCUT2D eigenvalue weighted by Gasteiger charge is -2.18. The Hall–Kier alpha value is -2.20. The normalized spacial score (nSPS) is 11.4. The number of imidazole rings is 1. The van der Waals surface area contributed by atoms with Crippen molar-refractivity contribution < 1.29 is 0 Å². The van der Waals surface area contributed by atoms with Gasteiger partial charge in [-0.2, -0.15) is 0 Å². The van der Waals surface area contributed by atoms with Gasteiger partial charge in [-0.05, 0) is 30.5 Å². The SMILES string of the molecule is CCCn1ccnc1CN(C)Cc1cccc2cnccc12. The summed E-state index contributed by atoms with van der Waals surface area (Å²) >= 11 is 0. The minimum absolute atomic E-state index is 0.856. The van der Waals surface area contributed by atoms with Crippen LogP contribution in [0.3, 0.4) is 0 Å². The number of hydrogen-bond donors (Lipinski definition) is 0. The third-order valence-electron chi connectivity index (χ3n) is 3.89. The summed E-state index contributed by atoms with van der Waals surface area (Å²) in [5.74, 6) is 1.13. The van der Waals surface area contributed by atoms with Crippen molar-refractivity contribution in [3.05, 3.63) is 60.4 Å². The molecule has 0 amide bonds. The maximum Gasteiger partial charge on any atom is 0.122 e. The minimum atomic E-state index is 0.856. The van der Waals surface area contributed by atoms with Gasteiger partial charge in [0.25, 0.3) is 0 Å². The fourth-order valence-corrected chi connectivity index (χ4v) is 2.85. The van der Waals surface area contributed by atoms with E-state index in [1.54, 1.807) is 0 Å². The molecule has 0 spiro atoms. The molecule has 4 nitrogen and oxygen atoms in total. The molecule has 0 saturated carbocycles. The van der Waals surface area contributed by atoms with Gasteiger partial charge in [0.1, 0.15) is 5.82 Å². The topological polar surface area (TPSA) is 34.0 Å². The van der Waals surface area contributed by atoms with Gasteiger partial charge in [-0.15, -0.1) is 0 Å². The monoisotopic (exact) mass is 294 g/mol. The molecule has 0 atom stereocenters. The van der Waals surface area contributed by atoms with E-state index in [-0.39, 0.29) is 0 Å². The molecule has 0 aliphatic heterocycles. The first-order valence-corrected chi connectivity index (χ1v) is 7.78. The molecule has 0 fully saturated rings. The Balaban J connectivity index is 1.76. The first-order valence-electron chi connectivity index (χ1n) is 7.78. The molecule has 4 heteroatoms. The van der Waals surface area contributed by atoms with Crippen molar-refractivity contribution in [2.24, 2.45) is 0 Å². The lowest BCUT2D eigenvalue weighted by Crippen LogP contribution is -2.20. The van der Waals surface area contributed by atoms with E-state index >= 15 is 0 Å². The average molecular weight is 294 g/mol. The third kappa shape index (κ3) is 3.17. The molecule has 0 unspecified atom stereocenters. The van der Waals surface area contributed by atoms with Crippen LogP contribution in [-0.4, -0.2) is 26.5 Å². The molecule has 2 aromatic heterocycles. The average Bonchev–Trinajstić information content (AvgIpc) is 2.95. The largest absolute Gasteiger partial charge is 0.334 e. The van der Waals surface area contributed by atoms with Crippen molar-refractivity contribution in [2.45, 2.75) is 33.0 Å². The molecule has 0 aliphatic rings. The van der Waals surface area contributed by atoms with Crippen LogP contribution >= 0.6 is 0 Å². The Labute approximate surface area is 131 Å². The number of benzene rings is 1. The van der Waals surface area contributed by atoms with Crippen LogP contribution in [0.25, 0.3) is 10.8 Å². The second-order valence-electron chi connectivity index (χ2n) is 5.72. The van der Waals surface area contributed by atoms with Crippen LogP contribution in [0.5, 0.6) is 0 Å². The van der Waals surface area contributed by atoms with Crippen molar-refractivity contribution in [1.82, 2.24) is 19.4 Å². The third-order valence-corrected chi connectivity index (χ3v) is 3.89. The standard InChI is InChI=1S/C18H22N4/c1-3-10-22-11-9-20-18(22)14-21(2)13-16-6-4-5-15-12-19-8-7-17(15)16/h4-9,11-12H,3,10,13-14H2,1-2H3. The second kappa shape index (κ2) is 6.71. The lowest BCUT2D eigenvalue weighted by molar-refractivity contribution is 0.306. The first-order chi connectivity index (χ1) is 10.8. The molecule has 114 valence electrons. The van der Waals surface area contributed by atoms with E-state index in [0.717, 1.165) is 31.9 Å². The van der Waals surface area contributed by atoms with E-state index in [0.29, 0.717) is 0 Å². The van der Waals surface area contributed by atoms with Gasteiger partial charge >= 0.3 is 0 Å². The molecule has 0 radical (unpaired) electrons. The van der Waals surface area contributed by atoms with Crippen LogP contribution < -0.4 is 0 Å². The number of aryl methyl sites for hydroxylation is 1. The summed E-state index contributed by atoms with van der Waals surface area (Å²) in [4.78, 5) is 11.0. The zero-order valence-corrected chi connectivity index (χ0v) is 13.2. The van der Waals surface area contributed by atoms with E-state index < -0.39 is 0 Å². The van der Waals surface area contributed by atoms with E-state index in [1.807, 2.05) is 18.6 Å². The van der Waals surface area contributed by atoms with Gasteiger partial charge in [-0.1, -0.05) is 25.1 Å². The number of aromatic nitrogens is 3. The van der Waals surface area contributed by atoms with Crippen LogP contribution in [0.15, 0.2) is 49.1 Å². The highest BCUT2D eigenvalue weighted by Gasteiger charge is 2.08. The van der Waals surface area contributed by atoms with Crippen LogP contribution in [0.4, 0.5) is 0 Å². The summed E-state index contributed by atoms with van der Waals surface area (Å²) in [5, 5.41) is 2.47. The summed E-state index contributed by atoms with van der Waals surface area (Å²) in [6, 6.07) is 8.50. The van der Waals surface area contributed by atoms with Crippen molar-refractivity contribution in [2.75, 3.05) is 7.05 Å². The maximum atomic E-state index is 4.49. The highest BCUT2D eigenvalue weighted by Crippen LogP contribution is 2.19. The van der Waals surface area contributed by atoms with Gasteiger partial charge in [-0.3, -0.25) is 9.88 Å². The lowest BCUT2D eigenvalue weighted by atomic mass is 10.1. The molecule has 3 rings (SSSR count). The summed E-state index contributed by atoms with van der Waals surface area (Å²) in [7, 11) is 2.14. The summed E-state index contributed by atoms with van der Waals surface area (Å²) in [5.41, 5.74) is 1.33. The van der Waals surface area contributed by atoms with Gasteiger partial charge in [0.15, 0.2) is 0 Å². The Morgan fingerprint density at radius 1 is 1.14 bits per heavy atom. The smallest absolute Gasteiger partial charge is 0.122 e. The summed E-state index contributed by atoms with van der Waals surface area (Å²) in [6.07, 6.45) is 8.87. The van der Waals surface area contributed by atoms with E-state index in [1.165, 1.54) is 16.3 Å². The zero-order chi connectivity index (χ0) is 15.4. The number of nitrogens with zero attached hydrogens (tertiary/aromatic N) is 4. The first kappa shape index (κ1) is 14.7. The molecule has 0 N–H and O–H groups in total. The quantitative estimate of drug-likeness (QED) is 0.698. The zero-order valence-electron chi connectivity index (χ0n) is 13.2. The van der Waals surface area contributed by atoms with Crippen LogP contribution in [-0.2, 0) is 19.6 Å². The molecular formula is C18H22N4. The molecule has 1 aromatic carbocycles. The predicted molar refractivity (Wildman–Crippen MR) is 89.4 cm³/mol. The summed E-state index contributed by atoms with van der Waals surface area (Å²) < 4.78 is 2.24. The molecule has 2 heterocycles. The van der Waals surface area contributed by atoms with Crippen molar-refractivity contribution in [3.8, 4) is 0 Å². The van der Waals surface area contributed by atoms with Crippen LogP contribution in [0, 0.1) is 0 Å². The van der Waals surface area contributed by atoms with Gasteiger partial charge < -0.3 is 4.57 Å². The van der Waals surface area contributed by atoms with Gasteiger partial charge in [-0.25, -0.2) is 4.98 Å². The number of hydrogen-bond acceptors (Lipinski definition) is 3. The Morgan fingerprint density at radius 3 is 2.91 bits per heavy atom. The van der Waals surface area contributed by atoms with Crippen LogP contribution in [0.1, 0.15) is 24.7 Å². The highest BCUT2D eigenvalue weighted by atomic mass is 15.2. The van der Waals surface area contributed by atoms with Crippen molar-refractivity contribution in [3.63, 3.8) is 0 Å². The number of pyridine rings is 1. The number of rotatable bonds is 6. The fraction of sp³-hybridized carbons (Fsp3) is 0.333. The Kier molecular flexibility index (Phi) is 4.49. The molecule has 0 bridgehead atoms. The van der Waals surface area contributed by atoms with Gasteiger partial charge in [0.05, 0.1) is 6.54 Å². The predicted octanol–water partition coefficient (Wildman–Crippen LogP) is 3.47. The van der Waals surface area contributed by atoms with Crippen molar-refractivity contribution >= 4 is 10.8 Å². The Bertz CT molecular complexity index is 742. The van der Waals surface area contributed by atoms with Crippen molar-refractivity contribution in [1.29, 1.82) is 0 Å². The molecular weight excluding hydrogens is 272 g/mol. The molecule has 0 saturated heterocycles. The second-order valence-corrected chi connectivity index (χ2v) is 5.72. The fourth-order valence-electron chi connectivity index (χ4n) is 2.85. The number of fused-ring (bicyclic) bond motifs is 1. The molecule has 3 aromatic rings. The van der Waals surface area contributed by atoms with Crippen LogP contribution in [0.2, 0.25) is 0 Å². The van der Waals surface area contributed by atoms with Gasteiger partial charge in [0, 0.05) is 43.3 Å². The maximum absolute atomic E-state index is 4.49. The Morgan fingerprint density at radius 2 is 2.05 bits per heavy atom.